The molecular weight excluding hydrogens is 272 g/mol. The van der Waals surface area contributed by atoms with Gasteiger partial charge in [-0.1, -0.05) is 32.0 Å². The molecule has 116 valence electrons. The monoisotopic (exact) mass is 294 g/mol. The highest BCUT2D eigenvalue weighted by Crippen LogP contribution is 2.35. The molecular formula is C16H22O5. The average Bonchev–Trinajstić information content (AvgIpc) is 2.38. The minimum absolute atomic E-state index is 0.0946. The number of ether oxygens (including phenoxy) is 1. The van der Waals surface area contributed by atoms with E-state index in [1.807, 2.05) is 32.0 Å². The van der Waals surface area contributed by atoms with Crippen molar-refractivity contribution in [3.8, 4) is 5.75 Å². The smallest absolute Gasteiger partial charge is 0.310 e. The second kappa shape index (κ2) is 7.67. The lowest BCUT2D eigenvalue weighted by Crippen LogP contribution is -2.36. The number of hydrogen-bond acceptors (Lipinski definition) is 3. The number of carboxylic acid groups (broad SMARTS) is 2. The molecule has 0 fully saturated rings. The van der Waals surface area contributed by atoms with E-state index in [1.54, 1.807) is 12.1 Å². The van der Waals surface area contributed by atoms with Crippen molar-refractivity contribution in [3.63, 3.8) is 0 Å². The number of para-hydroxylation sites is 1. The lowest BCUT2D eigenvalue weighted by molar-refractivity contribution is -0.158. The van der Waals surface area contributed by atoms with Crippen LogP contribution in [0.2, 0.25) is 0 Å². The Balaban J connectivity index is 2.75. The van der Waals surface area contributed by atoms with Crippen LogP contribution in [0.1, 0.15) is 33.1 Å². The maximum absolute atomic E-state index is 11.6. The first-order valence-electron chi connectivity index (χ1n) is 6.99. The van der Waals surface area contributed by atoms with Gasteiger partial charge in [-0.2, -0.15) is 0 Å². The summed E-state index contributed by atoms with van der Waals surface area (Å²) in [6.07, 6.45) is 0.0904. The second-order valence-electron chi connectivity index (χ2n) is 5.67. The van der Waals surface area contributed by atoms with Crippen LogP contribution in [-0.2, 0) is 9.59 Å². The Morgan fingerprint density at radius 1 is 1.19 bits per heavy atom. The molecule has 0 unspecified atom stereocenters. The summed E-state index contributed by atoms with van der Waals surface area (Å²) in [7, 11) is 0. The standard InChI is InChI=1S/C16H22O5/c1-12(2)10-16(15(19)20,11-14(17)18)8-9-21-13-6-4-3-5-7-13/h3-7,12H,8-11H2,1-2H3,(H,17,18)(H,19,20)/t16-/m0/s1. The number of benzene rings is 1. The van der Waals surface area contributed by atoms with Crippen LogP contribution in [0.15, 0.2) is 30.3 Å². The van der Waals surface area contributed by atoms with Gasteiger partial charge in [-0.05, 0) is 30.9 Å². The fraction of sp³-hybridized carbons (Fsp3) is 0.500. The van der Waals surface area contributed by atoms with Gasteiger partial charge in [0.1, 0.15) is 5.75 Å². The number of hydrogen-bond donors (Lipinski definition) is 2. The Kier molecular flexibility index (Phi) is 6.21. The van der Waals surface area contributed by atoms with Gasteiger partial charge in [-0.3, -0.25) is 9.59 Å². The zero-order valence-corrected chi connectivity index (χ0v) is 12.4. The SMILES string of the molecule is CC(C)C[C@@](CCOc1ccccc1)(CC(=O)O)C(=O)O. The molecule has 21 heavy (non-hydrogen) atoms. The van der Waals surface area contributed by atoms with Crippen LogP contribution in [0.4, 0.5) is 0 Å². The van der Waals surface area contributed by atoms with E-state index in [4.69, 9.17) is 9.84 Å². The van der Waals surface area contributed by atoms with E-state index in [1.165, 1.54) is 0 Å². The zero-order chi connectivity index (χ0) is 15.9. The molecule has 2 N–H and O–H groups in total. The Morgan fingerprint density at radius 2 is 1.81 bits per heavy atom. The molecule has 0 saturated carbocycles. The lowest BCUT2D eigenvalue weighted by Gasteiger charge is -2.29. The summed E-state index contributed by atoms with van der Waals surface area (Å²) in [5.41, 5.74) is -1.28. The van der Waals surface area contributed by atoms with Gasteiger partial charge >= 0.3 is 11.9 Å². The minimum atomic E-state index is -1.28. The first-order valence-corrected chi connectivity index (χ1v) is 6.99. The van der Waals surface area contributed by atoms with Crippen LogP contribution in [0, 0.1) is 11.3 Å². The number of aliphatic carboxylic acids is 2. The summed E-state index contributed by atoms with van der Waals surface area (Å²) >= 11 is 0. The predicted molar refractivity (Wildman–Crippen MR) is 78.3 cm³/mol. The highest BCUT2D eigenvalue weighted by Gasteiger charge is 2.41. The molecule has 0 aromatic heterocycles. The van der Waals surface area contributed by atoms with Crippen molar-refractivity contribution in [2.45, 2.75) is 33.1 Å². The predicted octanol–water partition coefficient (Wildman–Crippen LogP) is 3.05. The topological polar surface area (TPSA) is 83.8 Å². The third-order valence-electron chi connectivity index (χ3n) is 3.33. The summed E-state index contributed by atoms with van der Waals surface area (Å²) < 4.78 is 5.52. The summed E-state index contributed by atoms with van der Waals surface area (Å²) in [5, 5.41) is 18.5. The molecule has 0 aliphatic carbocycles. The Labute approximate surface area is 124 Å². The Bertz CT molecular complexity index is 469. The molecule has 1 atom stereocenters. The first kappa shape index (κ1) is 17.0. The largest absolute Gasteiger partial charge is 0.494 e. The normalized spacial score (nSPS) is 13.7. The van der Waals surface area contributed by atoms with Crippen molar-refractivity contribution in [3.05, 3.63) is 30.3 Å². The molecule has 5 heteroatoms. The molecule has 0 amide bonds. The fourth-order valence-corrected chi connectivity index (χ4v) is 2.48. The molecule has 0 heterocycles. The van der Waals surface area contributed by atoms with E-state index >= 15 is 0 Å². The van der Waals surface area contributed by atoms with E-state index in [0.717, 1.165) is 0 Å². The summed E-state index contributed by atoms with van der Waals surface area (Å²) in [5.74, 6) is -1.43. The third kappa shape index (κ3) is 5.45. The Morgan fingerprint density at radius 3 is 2.29 bits per heavy atom. The molecule has 0 spiro atoms. The van der Waals surface area contributed by atoms with Gasteiger partial charge < -0.3 is 14.9 Å². The lowest BCUT2D eigenvalue weighted by atomic mass is 9.75. The van der Waals surface area contributed by atoms with E-state index in [0.29, 0.717) is 12.2 Å². The van der Waals surface area contributed by atoms with Crippen molar-refractivity contribution < 1.29 is 24.5 Å². The number of carbonyl (C=O) groups is 2. The molecule has 1 rings (SSSR count). The van der Waals surface area contributed by atoms with Crippen LogP contribution in [-0.4, -0.2) is 28.8 Å². The minimum Gasteiger partial charge on any atom is -0.494 e. The van der Waals surface area contributed by atoms with Crippen molar-refractivity contribution in [1.82, 2.24) is 0 Å². The summed E-state index contributed by atoms with van der Waals surface area (Å²) in [6.45, 7) is 3.95. The summed E-state index contributed by atoms with van der Waals surface area (Å²) in [6, 6.07) is 9.07. The van der Waals surface area contributed by atoms with Crippen molar-refractivity contribution in [2.75, 3.05) is 6.61 Å². The van der Waals surface area contributed by atoms with E-state index in [9.17, 15) is 14.7 Å². The fourth-order valence-electron chi connectivity index (χ4n) is 2.48. The van der Waals surface area contributed by atoms with E-state index in [-0.39, 0.29) is 18.9 Å². The number of carboxylic acids is 2. The van der Waals surface area contributed by atoms with Crippen molar-refractivity contribution in [2.24, 2.45) is 11.3 Å². The zero-order valence-electron chi connectivity index (χ0n) is 12.4. The van der Waals surface area contributed by atoms with Gasteiger partial charge in [-0.15, -0.1) is 0 Å². The van der Waals surface area contributed by atoms with Crippen LogP contribution in [0.25, 0.3) is 0 Å². The highest BCUT2D eigenvalue weighted by molar-refractivity contribution is 5.81. The van der Waals surface area contributed by atoms with E-state index in [2.05, 4.69) is 0 Å². The van der Waals surface area contributed by atoms with Crippen LogP contribution in [0.3, 0.4) is 0 Å². The average molecular weight is 294 g/mol. The van der Waals surface area contributed by atoms with E-state index < -0.39 is 23.8 Å². The highest BCUT2D eigenvalue weighted by atomic mass is 16.5. The maximum Gasteiger partial charge on any atom is 0.310 e. The summed E-state index contributed by atoms with van der Waals surface area (Å²) in [4.78, 5) is 22.6. The molecule has 1 aromatic carbocycles. The molecule has 0 aliphatic heterocycles. The molecule has 0 bridgehead atoms. The Hall–Kier alpha value is -2.04. The van der Waals surface area contributed by atoms with Gasteiger partial charge in [0.2, 0.25) is 0 Å². The van der Waals surface area contributed by atoms with Gasteiger partial charge in [0, 0.05) is 0 Å². The molecule has 0 radical (unpaired) electrons. The third-order valence-corrected chi connectivity index (χ3v) is 3.33. The van der Waals surface area contributed by atoms with Gasteiger partial charge in [0.05, 0.1) is 18.4 Å². The van der Waals surface area contributed by atoms with Crippen LogP contribution >= 0.6 is 0 Å². The van der Waals surface area contributed by atoms with Crippen molar-refractivity contribution in [1.29, 1.82) is 0 Å². The van der Waals surface area contributed by atoms with Gasteiger partial charge in [-0.25, -0.2) is 0 Å². The molecule has 1 aromatic rings. The van der Waals surface area contributed by atoms with Gasteiger partial charge in [0.25, 0.3) is 0 Å². The molecule has 0 saturated heterocycles. The first-order chi connectivity index (χ1) is 9.85. The maximum atomic E-state index is 11.6. The molecule has 5 nitrogen and oxygen atoms in total. The number of rotatable bonds is 9. The van der Waals surface area contributed by atoms with Gasteiger partial charge in [0.15, 0.2) is 0 Å². The molecule has 0 aliphatic rings. The van der Waals surface area contributed by atoms with Crippen LogP contribution < -0.4 is 4.74 Å². The van der Waals surface area contributed by atoms with Crippen molar-refractivity contribution >= 4 is 11.9 Å². The quantitative estimate of drug-likeness (QED) is 0.731. The van der Waals surface area contributed by atoms with Crippen LogP contribution in [0.5, 0.6) is 5.75 Å². The second-order valence-corrected chi connectivity index (χ2v) is 5.67.